The van der Waals surface area contributed by atoms with Crippen molar-refractivity contribution in [2.75, 3.05) is 33.3 Å². The zero-order valence-corrected chi connectivity index (χ0v) is 20.5. The third kappa shape index (κ3) is 4.30. The maximum atomic E-state index is 13.8. The molecular formula is C26H25NO7S. The molecule has 1 amide bonds. The van der Waals surface area contributed by atoms with Crippen LogP contribution in [0.3, 0.4) is 0 Å². The number of nitrogens with zero attached hydrogens (tertiary/aromatic N) is 1. The summed E-state index contributed by atoms with van der Waals surface area (Å²) in [4.78, 5) is 14.6. The van der Waals surface area contributed by atoms with E-state index in [1.165, 1.54) is 39.4 Å². The molecular weight excluding hydrogens is 470 g/mol. The molecule has 3 aromatic rings. The molecule has 0 spiro atoms. The predicted molar refractivity (Wildman–Crippen MR) is 133 cm³/mol. The third-order valence-corrected chi connectivity index (χ3v) is 7.66. The molecule has 4 rings (SSSR count). The van der Waals surface area contributed by atoms with Crippen LogP contribution in [0, 0.1) is 0 Å². The molecule has 0 aliphatic carbocycles. The van der Waals surface area contributed by atoms with Crippen molar-refractivity contribution in [3.05, 3.63) is 82.8 Å². The number of benzene rings is 3. The Morgan fingerprint density at radius 1 is 0.800 bits per heavy atom. The summed E-state index contributed by atoms with van der Waals surface area (Å²) in [5, 5.41) is -1.22. The Morgan fingerprint density at radius 3 is 1.91 bits per heavy atom. The SMILES string of the molecule is COc1ccc(N2C(=O)/C(=C\c3cc(OC)c(OC)c(OC)c3)S(=O)(=O)C2c2ccccc2)cc1. The summed E-state index contributed by atoms with van der Waals surface area (Å²) in [7, 11) is 1.82. The minimum Gasteiger partial charge on any atom is -0.497 e. The lowest BCUT2D eigenvalue weighted by atomic mass is 10.1. The third-order valence-electron chi connectivity index (χ3n) is 5.68. The van der Waals surface area contributed by atoms with Crippen LogP contribution in [0.2, 0.25) is 0 Å². The highest BCUT2D eigenvalue weighted by Gasteiger charge is 2.50. The van der Waals surface area contributed by atoms with Crippen LogP contribution in [-0.4, -0.2) is 42.8 Å². The Balaban J connectivity index is 1.90. The average Bonchev–Trinajstić information content (AvgIpc) is 3.08. The number of carbonyl (C=O) groups excluding carboxylic acids is 1. The van der Waals surface area contributed by atoms with Gasteiger partial charge in [-0.2, -0.15) is 0 Å². The Kier molecular flexibility index (Phi) is 6.70. The second-order valence-electron chi connectivity index (χ2n) is 7.65. The fraction of sp³-hybridized carbons (Fsp3) is 0.192. The molecule has 35 heavy (non-hydrogen) atoms. The number of methoxy groups -OCH3 is 4. The van der Waals surface area contributed by atoms with Gasteiger partial charge < -0.3 is 18.9 Å². The second-order valence-corrected chi connectivity index (χ2v) is 9.62. The molecule has 182 valence electrons. The van der Waals surface area contributed by atoms with E-state index in [1.54, 1.807) is 66.7 Å². The fourth-order valence-corrected chi connectivity index (χ4v) is 5.92. The largest absolute Gasteiger partial charge is 0.497 e. The summed E-state index contributed by atoms with van der Waals surface area (Å²) in [5.74, 6) is 0.992. The van der Waals surface area contributed by atoms with Gasteiger partial charge in [-0.05, 0) is 53.6 Å². The number of ether oxygens (including phenoxy) is 4. The van der Waals surface area contributed by atoms with Crippen LogP contribution < -0.4 is 23.8 Å². The minimum absolute atomic E-state index is 0.337. The van der Waals surface area contributed by atoms with Gasteiger partial charge in [0.15, 0.2) is 16.9 Å². The van der Waals surface area contributed by atoms with Gasteiger partial charge in [-0.1, -0.05) is 30.3 Å². The number of carbonyl (C=O) groups is 1. The quantitative estimate of drug-likeness (QED) is 0.453. The average molecular weight is 496 g/mol. The molecule has 9 heteroatoms. The summed E-state index contributed by atoms with van der Waals surface area (Å²) in [5.41, 5.74) is 1.32. The highest BCUT2D eigenvalue weighted by molar-refractivity contribution is 7.97. The molecule has 8 nitrogen and oxygen atoms in total. The van der Waals surface area contributed by atoms with Crippen molar-refractivity contribution in [1.82, 2.24) is 0 Å². The first-order valence-corrected chi connectivity index (χ1v) is 12.2. The van der Waals surface area contributed by atoms with Crippen molar-refractivity contribution in [3.63, 3.8) is 0 Å². The van der Waals surface area contributed by atoms with Crippen LogP contribution in [0.5, 0.6) is 23.0 Å². The Morgan fingerprint density at radius 2 is 1.40 bits per heavy atom. The number of hydrogen-bond acceptors (Lipinski definition) is 7. The van der Waals surface area contributed by atoms with E-state index in [0.29, 0.717) is 39.8 Å². The first-order valence-electron chi connectivity index (χ1n) is 10.6. The Hall–Kier alpha value is -3.98. The minimum atomic E-state index is -4.10. The number of sulfone groups is 1. The van der Waals surface area contributed by atoms with Crippen LogP contribution >= 0.6 is 0 Å². The topological polar surface area (TPSA) is 91.4 Å². The van der Waals surface area contributed by atoms with E-state index in [0.717, 1.165) is 0 Å². The summed E-state index contributed by atoms with van der Waals surface area (Å²) < 4.78 is 48.9. The standard InChI is InChI=1S/C26H25NO7S/c1-31-20-12-10-19(11-13-20)27-25(28)23(35(29,30)26(27)18-8-6-5-7-9-18)16-17-14-21(32-2)24(34-4)22(15-17)33-3/h5-16,26H,1-4H3/b23-16+. The molecule has 1 heterocycles. The molecule has 0 N–H and O–H groups in total. The smallest absolute Gasteiger partial charge is 0.271 e. The molecule has 3 aromatic carbocycles. The summed E-state index contributed by atoms with van der Waals surface area (Å²) in [6.07, 6.45) is 1.33. The molecule has 1 aliphatic rings. The van der Waals surface area contributed by atoms with Gasteiger partial charge in [-0.15, -0.1) is 0 Å². The molecule has 0 bridgehead atoms. The van der Waals surface area contributed by atoms with Gasteiger partial charge in [0.25, 0.3) is 5.91 Å². The summed E-state index contributed by atoms with van der Waals surface area (Å²) in [6.45, 7) is 0. The van der Waals surface area contributed by atoms with Gasteiger partial charge in [0.2, 0.25) is 15.6 Å². The van der Waals surface area contributed by atoms with Gasteiger partial charge >= 0.3 is 0 Å². The number of hydrogen-bond donors (Lipinski definition) is 0. The lowest BCUT2D eigenvalue weighted by Gasteiger charge is -2.23. The van der Waals surface area contributed by atoms with Gasteiger partial charge in [-0.25, -0.2) is 8.42 Å². The second kappa shape index (κ2) is 9.71. The lowest BCUT2D eigenvalue weighted by molar-refractivity contribution is -0.114. The van der Waals surface area contributed by atoms with E-state index in [9.17, 15) is 13.2 Å². The molecule has 1 aliphatic heterocycles. The first-order chi connectivity index (χ1) is 16.8. The van der Waals surface area contributed by atoms with Crippen molar-refractivity contribution in [2.45, 2.75) is 5.37 Å². The molecule has 1 saturated heterocycles. The summed E-state index contributed by atoms with van der Waals surface area (Å²) in [6, 6.07) is 18.5. The molecule has 0 aromatic heterocycles. The fourth-order valence-electron chi connectivity index (χ4n) is 4.03. The normalized spacial score (nSPS) is 17.9. The van der Waals surface area contributed by atoms with Crippen molar-refractivity contribution in [1.29, 1.82) is 0 Å². The van der Waals surface area contributed by atoms with Crippen molar-refractivity contribution >= 4 is 27.5 Å². The Labute approximate surface area is 204 Å². The molecule has 1 atom stereocenters. The van der Waals surface area contributed by atoms with Crippen molar-refractivity contribution < 1.29 is 32.2 Å². The van der Waals surface area contributed by atoms with Gasteiger partial charge in [0.05, 0.1) is 28.4 Å². The van der Waals surface area contributed by atoms with Gasteiger partial charge in [0, 0.05) is 5.69 Å². The monoisotopic (exact) mass is 495 g/mol. The van der Waals surface area contributed by atoms with Crippen LogP contribution in [0.4, 0.5) is 5.69 Å². The maximum Gasteiger partial charge on any atom is 0.271 e. The number of amides is 1. The van der Waals surface area contributed by atoms with E-state index < -0.39 is 21.1 Å². The Bertz CT molecular complexity index is 1340. The van der Waals surface area contributed by atoms with Crippen LogP contribution in [0.25, 0.3) is 6.08 Å². The lowest BCUT2D eigenvalue weighted by Crippen LogP contribution is -2.28. The van der Waals surface area contributed by atoms with E-state index in [-0.39, 0.29) is 4.91 Å². The highest BCUT2D eigenvalue weighted by atomic mass is 32.2. The predicted octanol–water partition coefficient (Wildman–Crippen LogP) is 4.22. The van der Waals surface area contributed by atoms with E-state index in [4.69, 9.17) is 18.9 Å². The van der Waals surface area contributed by atoms with Crippen LogP contribution in [0.1, 0.15) is 16.5 Å². The van der Waals surface area contributed by atoms with E-state index in [2.05, 4.69) is 0 Å². The highest BCUT2D eigenvalue weighted by Crippen LogP contribution is 2.45. The molecule has 1 unspecified atom stereocenters. The number of rotatable bonds is 7. The van der Waals surface area contributed by atoms with Crippen molar-refractivity contribution in [2.24, 2.45) is 0 Å². The maximum absolute atomic E-state index is 13.8. The van der Waals surface area contributed by atoms with Crippen molar-refractivity contribution in [3.8, 4) is 23.0 Å². The van der Waals surface area contributed by atoms with Gasteiger partial charge in [0.1, 0.15) is 10.7 Å². The zero-order chi connectivity index (χ0) is 25.2. The van der Waals surface area contributed by atoms with Crippen LogP contribution in [-0.2, 0) is 14.6 Å². The van der Waals surface area contributed by atoms with E-state index >= 15 is 0 Å². The molecule has 1 fully saturated rings. The summed E-state index contributed by atoms with van der Waals surface area (Å²) >= 11 is 0. The molecule has 0 saturated carbocycles. The zero-order valence-electron chi connectivity index (χ0n) is 19.7. The van der Waals surface area contributed by atoms with Crippen LogP contribution in [0.15, 0.2) is 71.6 Å². The van der Waals surface area contributed by atoms with E-state index in [1.807, 2.05) is 0 Å². The first kappa shape index (κ1) is 24.2. The number of anilines is 1. The van der Waals surface area contributed by atoms with Gasteiger partial charge in [-0.3, -0.25) is 9.69 Å². The molecule has 0 radical (unpaired) electrons.